The van der Waals surface area contributed by atoms with Gasteiger partial charge in [0.25, 0.3) is 5.91 Å². The van der Waals surface area contributed by atoms with Crippen molar-refractivity contribution in [2.45, 2.75) is 0 Å². The van der Waals surface area contributed by atoms with Crippen molar-refractivity contribution in [1.82, 2.24) is 0 Å². The van der Waals surface area contributed by atoms with E-state index < -0.39 is 5.97 Å². The molecule has 1 aliphatic heterocycles. The molecule has 0 unspecified atom stereocenters. The summed E-state index contributed by atoms with van der Waals surface area (Å²) in [5.41, 5.74) is 1.95. The third-order valence-electron chi connectivity index (χ3n) is 5.39. The molecule has 1 aliphatic rings. The van der Waals surface area contributed by atoms with Crippen molar-refractivity contribution in [3.63, 3.8) is 0 Å². The maximum absolute atomic E-state index is 14.1. The Labute approximate surface area is 189 Å². The molecule has 32 heavy (non-hydrogen) atoms. The average molecular weight is 454 g/mol. The van der Waals surface area contributed by atoms with E-state index in [1.165, 1.54) is 12.1 Å². The van der Waals surface area contributed by atoms with E-state index in [0.717, 1.165) is 0 Å². The van der Waals surface area contributed by atoms with E-state index in [1.54, 1.807) is 54.6 Å². The molecule has 0 radical (unpaired) electrons. The van der Waals surface area contributed by atoms with E-state index in [0.29, 0.717) is 53.8 Å². The molecule has 0 spiro atoms. The summed E-state index contributed by atoms with van der Waals surface area (Å²) < 4.78 is 14.1. The summed E-state index contributed by atoms with van der Waals surface area (Å²) in [6.07, 6.45) is 0. The van der Waals surface area contributed by atoms with Crippen LogP contribution in [0.3, 0.4) is 0 Å². The van der Waals surface area contributed by atoms with Crippen LogP contribution in [0.15, 0.2) is 66.7 Å². The fourth-order valence-electron chi connectivity index (χ4n) is 3.79. The number of benzene rings is 3. The molecular weight excluding hydrogens is 433 g/mol. The molecule has 3 aromatic carbocycles. The number of carbonyl (C=O) groups is 2. The Bertz CT molecular complexity index is 1160. The largest absolute Gasteiger partial charge is 0.478 e. The number of carbonyl (C=O) groups excluding carboxylic acids is 1. The van der Waals surface area contributed by atoms with Crippen LogP contribution in [-0.2, 0) is 0 Å². The molecule has 2 N–H and O–H groups in total. The Morgan fingerprint density at radius 3 is 2.22 bits per heavy atom. The minimum absolute atomic E-state index is 0.0910. The lowest BCUT2D eigenvalue weighted by Gasteiger charge is -2.38. The first-order chi connectivity index (χ1) is 15.4. The number of amides is 1. The summed E-state index contributed by atoms with van der Waals surface area (Å²) >= 11 is 5.94. The first-order valence-electron chi connectivity index (χ1n) is 10.1. The van der Waals surface area contributed by atoms with Crippen molar-refractivity contribution in [2.24, 2.45) is 0 Å². The molecule has 6 nitrogen and oxygen atoms in total. The number of halogens is 2. The molecule has 1 amide bonds. The van der Waals surface area contributed by atoms with Crippen LogP contribution in [-0.4, -0.2) is 43.2 Å². The van der Waals surface area contributed by atoms with Crippen LogP contribution in [0.5, 0.6) is 0 Å². The minimum atomic E-state index is -1.09. The molecule has 8 heteroatoms. The van der Waals surface area contributed by atoms with Gasteiger partial charge in [-0.3, -0.25) is 4.79 Å². The van der Waals surface area contributed by atoms with E-state index in [4.69, 9.17) is 11.6 Å². The maximum Gasteiger partial charge on any atom is 0.337 e. The van der Waals surface area contributed by atoms with Crippen LogP contribution in [0.1, 0.15) is 20.7 Å². The highest BCUT2D eigenvalue weighted by Crippen LogP contribution is 2.28. The zero-order valence-corrected chi connectivity index (χ0v) is 17.8. The molecule has 0 bridgehead atoms. The Hall–Kier alpha value is -3.58. The molecule has 3 aromatic rings. The maximum atomic E-state index is 14.1. The summed E-state index contributed by atoms with van der Waals surface area (Å²) in [4.78, 5) is 28.3. The lowest BCUT2D eigenvalue weighted by Crippen LogP contribution is -2.47. The van der Waals surface area contributed by atoms with E-state index in [2.05, 4.69) is 5.32 Å². The van der Waals surface area contributed by atoms with Gasteiger partial charge in [0, 0.05) is 42.5 Å². The standard InChI is InChI=1S/C24H21ClFN3O3/c25-17-5-3-4-16(14-17)23(30)27-18-8-9-21(19(15-18)24(31)32)28-10-12-29(13-11-28)22-7-2-1-6-20(22)26/h1-9,14-15H,10-13H2,(H,27,30)(H,31,32). The van der Waals surface area contributed by atoms with Gasteiger partial charge in [-0.05, 0) is 48.5 Å². The first kappa shape index (κ1) is 21.6. The summed E-state index contributed by atoms with van der Waals surface area (Å²) in [5, 5.41) is 12.9. The highest BCUT2D eigenvalue weighted by atomic mass is 35.5. The minimum Gasteiger partial charge on any atom is -0.478 e. The van der Waals surface area contributed by atoms with Gasteiger partial charge in [0.15, 0.2) is 0 Å². The van der Waals surface area contributed by atoms with Crippen LogP contribution < -0.4 is 15.1 Å². The zero-order valence-electron chi connectivity index (χ0n) is 17.1. The Morgan fingerprint density at radius 1 is 0.875 bits per heavy atom. The fourth-order valence-corrected chi connectivity index (χ4v) is 3.98. The van der Waals surface area contributed by atoms with Gasteiger partial charge in [-0.2, -0.15) is 0 Å². The smallest absolute Gasteiger partial charge is 0.337 e. The number of hydrogen-bond acceptors (Lipinski definition) is 4. The Balaban J connectivity index is 1.50. The molecular formula is C24H21ClFN3O3. The highest BCUT2D eigenvalue weighted by molar-refractivity contribution is 6.31. The van der Waals surface area contributed by atoms with Gasteiger partial charge in [-0.1, -0.05) is 29.8 Å². The van der Waals surface area contributed by atoms with Gasteiger partial charge >= 0.3 is 5.97 Å². The molecule has 0 saturated carbocycles. The second kappa shape index (κ2) is 9.28. The Kier molecular flexibility index (Phi) is 6.28. The van der Waals surface area contributed by atoms with Crippen LogP contribution >= 0.6 is 11.6 Å². The fraction of sp³-hybridized carbons (Fsp3) is 0.167. The number of hydrogen-bond donors (Lipinski definition) is 2. The number of carboxylic acids is 1. The number of nitrogens with one attached hydrogen (secondary N) is 1. The lowest BCUT2D eigenvalue weighted by atomic mass is 10.1. The molecule has 0 aromatic heterocycles. The van der Waals surface area contributed by atoms with Gasteiger partial charge in [0.05, 0.1) is 16.9 Å². The predicted octanol–water partition coefficient (Wildman–Crippen LogP) is 4.76. The molecule has 1 saturated heterocycles. The van der Waals surface area contributed by atoms with Gasteiger partial charge in [0.1, 0.15) is 5.82 Å². The quantitative estimate of drug-likeness (QED) is 0.583. The molecule has 4 rings (SSSR count). The van der Waals surface area contributed by atoms with Gasteiger partial charge in [-0.25, -0.2) is 9.18 Å². The molecule has 0 aliphatic carbocycles. The molecule has 0 atom stereocenters. The number of para-hydroxylation sites is 1. The van der Waals surface area contributed by atoms with E-state index in [1.807, 2.05) is 9.80 Å². The zero-order chi connectivity index (χ0) is 22.7. The molecule has 164 valence electrons. The second-order valence-electron chi connectivity index (χ2n) is 7.43. The van der Waals surface area contributed by atoms with Crippen molar-refractivity contribution < 1.29 is 19.1 Å². The summed E-state index contributed by atoms with van der Waals surface area (Å²) in [5.74, 6) is -1.74. The van der Waals surface area contributed by atoms with Crippen LogP contribution in [0.2, 0.25) is 5.02 Å². The second-order valence-corrected chi connectivity index (χ2v) is 7.86. The highest BCUT2D eigenvalue weighted by Gasteiger charge is 2.23. The summed E-state index contributed by atoms with van der Waals surface area (Å²) in [6, 6.07) is 17.9. The van der Waals surface area contributed by atoms with Crippen LogP contribution in [0.25, 0.3) is 0 Å². The summed E-state index contributed by atoms with van der Waals surface area (Å²) in [6.45, 7) is 2.21. The third-order valence-corrected chi connectivity index (χ3v) is 5.62. The van der Waals surface area contributed by atoms with Crippen molar-refractivity contribution in [3.8, 4) is 0 Å². The van der Waals surface area contributed by atoms with Crippen molar-refractivity contribution in [1.29, 1.82) is 0 Å². The Morgan fingerprint density at radius 2 is 1.56 bits per heavy atom. The molecule has 1 heterocycles. The van der Waals surface area contributed by atoms with E-state index >= 15 is 0 Å². The number of anilines is 3. The number of nitrogens with zero attached hydrogens (tertiary/aromatic N) is 2. The van der Waals surface area contributed by atoms with Crippen molar-refractivity contribution in [3.05, 3.63) is 88.7 Å². The topological polar surface area (TPSA) is 72.9 Å². The molecule has 1 fully saturated rings. The number of carboxylic acid groups (broad SMARTS) is 1. The van der Waals surface area contributed by atoms with Gasteiger partial charge in [0.2, 0.25) is 0 Å². The number of piperazine rings is 1. The number of aromatic carboxylic acids is 1. The van der Waals surface area contributed by atoms with Gasteiger partial charge in [-0.15, -0.1) is 0 Å². The van der Waals surface area contributed by atoms with E-state index in [-0.39, 0.29) is 17.3 Å². The lowest BCUT2D eigenvalue weighted by molar-refractivity contribution is 0.0697. The summed E-state index contributed by atoms with van der Waals surface area (Å²) in [7, 11) is 0. The van der Waals surface area contributed by atoms with Crippen LogP contribution in [0.4, 0.5) is 21.5 Å². The third kappa shape index (κ3) is 4.68. The average Bonchev–Trinajstić information content (AvgIpc) is 2.79. The van der Waals surface area contributed by atoms with Crippen molar-refractivity contribution in [2.75, 3.05) is 41.3 Å². The first-order valence-corrected chi connectivity index (χ1v) is 10.5. The van der Waals surface area contributed by atoms with Crippen LogP contribution in [0, 0.1) is 5.82 Å². The number of rotatable bonds is 5. The SMILES string of the molecule is O=C(Nc1ccc(N2CCN(c3ccccc3F)CC2)c(C(=O)O)c1)c1cccc(Cl)c1. The van der Waals surface area contributed by atoms with E-state index in [9.17, 15) is 19.1 Å². The normalized spacial score (nSPS) is 13.7. The predicted molar refractivity (Wildman–Crippen MR) is 124 cm³/mol. The van der Waals surface area contributed by atoms with Gasteiger partial charge < -0.3 is 20.2 Å². The van der Waals surface area contributed by atoms with Crippen molar-refractivity contribution >= 4 is 40.5 Å². The monoisotopic (exact) mass is 453 g/mol.